The third kappa shape index (κ3) is 2.33. The minimum Gasteiger partial charge on any atom is -0.367 e. The monoisotopic (exact) mass is 255 g/mol. The van der Waals surface area contributed by atoms with Crippen LogP contribution in [0.15, 0.2) is 18.2 Å². The van der Waals surface area contributed by atoms with Gasteiger partial charge in [0.2, 0.25) is 0 Å². The van der Waals surface area contributed by atoms with Gasteiger partial charge in [0, 0.05) is 19.1 Å². The predicted molar refractivity (Wildman–Crippen MR) is 77.0 cm³/mol. The molecule has 2 aliphatic rings. The van der Waals surface area contributed by atoms with E-state index in [9.17, 15) is 5.26 Å². The van der Waals surface area contributed by atoms with E-state index in [4.69, 9.17) is 0 Å². The molecule has 2 bridgehead atoms. The smallest absolute Gasteiger partial charge is 0.101 e. The second-order valence-electron chi connectivity index (χ2n) is 5.73. The normalized spacial score (nSPS) is 24.7. The van der Waals surface area contributed by atoms with Crippen molar-refractivity contribution >= 4 is 5.69 Å². The molecular formula is C16H21N3. The average Bonchev–Trinajstić information content (AvgIpc) is 3.07. The highest BCUT2D eigenvalue weighted by molar-refractivity contribution is 5.62. The maximum absolute atomic E-state index is 9.40. The van der Waals surface area contributed by atoms with Crippen molar-refractivity contribution in [2.75, 3.05) is 18.0 Å². The number of piperidine rings is 1. The van der Waals surface area contributed by atoms with E-state index >= 15 is 0 Å². The zero-order valence-electron chi connectivity index (χ0n) is 11.5. The number of nitrogens with zero attached hydrogens (tertiary/aromatic N) is 2. The zero-order valence-corrected chi connectivity index (χ0v) is 11.5. The Kier molecular flexibility index (Phi) is 3.44. The first-order valence-electron chi connectivity index (χ1n) is 7.32. The summed E-state index contributed by atoms with van der Waals surface area (Å²) in [6.45, 7) is 5.05. The van der Waals surface area contributed by atoms with Crippen molar-refractivity contribution in [3.05, 3.63) is 29.3 Å². The molecule has 2 unspecified atom stereocenters. The molecule has 1 saturated carbocycles. The first-order chi connectivity index (χ1) is 9.31. The van der Waals surface area contributed by atoms with Gasteiger partial charge in [-0.2, -0.15) is 5.26 Å². The number of nitrogens with one attached hydrogen (secondary N) is 1. The van der Waals surface area contributed by atoms with Crippen LogP contribution in [-0.4, -0.2) is 19.1 Å². The summed E-state index contributed by atoms with van der Waals surface area (Å²) in [5.74, 6) is 0.859. The highest BCUT2D eigenvalue weighted by Crippen LogP contribution is 2.41. The largest absolute Gasteiger partial charge is 0.367 e. The fourth-order valence-electron chi connectivity index (χ4n) is 3.52. The molecule has 1 heterocycles. The van der Waals surface area contributed by atoms with Crippen LogP contribution in [0.3, 0.4) is 0 Å². The van der Waals surface area contributed by atoms with Gasteiger partial charge in [0.1, 0.15) is 6.07 Å². The number of anilines is 1. The van der Waals surface area contributed by atoms with Crippen molar-refractivity contribution in [2.45, 2.75) is 38.8 Å². The minimum absolute atomic E-state index is 0.678. The molecule has 1 aromatic rings. The Bertz CT molecular complexity index is 503. The molecule has 2 atom stereocenters. The molecule has 3 rings (SSSR count). The lowest BCUT2D eigenvalue weighted by atomic mass is 10.1. The van der Waals surface area contributed by atoms with E-state index in [1.54, 1.807) is 0 Å². The van der Waals surface area contributed by atoms with Crippen LogP contribution in [0.25, 0.3) is 0 Å². The van der Waals surface area contributed by atoms with Gasteiger partial charge in [-0.1, -0.05) is 13.0 Å². The van der Waals surface area contributed by atoms with Gasteiger partial charge in [-0.3, -0.25) is 0 Å². The van der Waals surface area contributed by atoms with Crippen molar-refractivity contribution in [3.63, 3.8) is 0 Å². The van der Waals surface area contributed by atoms with Gasteiger partial charge in [-0.05, 0) is 49.4 Å². The molecule has 0 spiro atoms. The number of rotatable bonds is 4. The minimum atomic E-state index is 0.678. The van der Waals surface area contributed by atoms with Crippen LogP contribution >= 0.6 is 0 Å². The fourth-order valence-corrected chi connectivity index (χ4v) is 3.52. The predicted octanol–water partition coefficient (Wildman–Crippen LogP) is 2.66. The van der Waals surface area contributed by atoms with Crippen LogP contribution in [-0.2, 0) is 6.54 Å². The van der Waals surface area contributed by atoms with E-state index in [1.165, 1.54) is 24.8 Å². The Morgan fingerprint density at radius 1 is 1.42 bits per heavy atom. The quantitative estimate of drug-likeness (QED) is 0.899. The van der Waals surface area contributed by atoms with E-state index < -0.39 is 0 Å². The van der Waals surface area contributed by atoms with Crippen molar-refractivity contribution < 1.29 is 0 Å². The van der Waals surface area contributed by atoms with Crippen LogP contribution in [0.1, 0.15) is 37.3 Å². The van der Waals surface area contributed by atoms with Gasteiger partial charge in [0.15, 0.2) is 0 Å². The number of hydrogen-bond donors (Lipinski definition) is 1. The molecule has 1 aromatic carbocycles. The third-order valence-electron chi connectivity index (χ3n) is 4.48. The van der Waals surface area contributed by atoms with Crippen LogP contribution < -0.4 is 10.2 Å². The molecule has 100 valence electrons. The molecule has 19 heavy (non-hydrogen) atoms. The first-order valence-corrected chi connectivity index (χ1v) is 7.32. The second kappa shape index (κ2) is 5.22. The van der Waals surface area contributed by atoms with Gasteiger partial charge in [0.05, 0.1) is 11.3 Å². The maximum atomic E-state index is 9.40. The molecule has 0 aromatic heterocycles. The highest BCUT2D eigenvalue weighted by Gasteiger charge is 2.38. The molecule has 2 fully saturated rings. The van der Waals surface area contributed by atoms with Crippen LogP contribution in [0.5, 0.6) is 0 Å². The Morgan fingerprint density at radius 2 is 2.32 bits per heavy atom. The molecule has 0 amide bonds. The van der Waals surface area contributed by atoms with E-state index in [2.05, 4.69) is 35.3 Å². The number of hydrogen-bond acceptors (Lipinski definition) is 3. The first kappa shape index (κ1) is 12.5. The number of nitriles is 1. The Labute approximate surface area is 115 Å². The molecule has 1 aliphatic heterocycles. The van der Waals surface area contributed by atoms with Crippen LogP contribution in [0, 0.1) is 17.2 Å². The van der Waals surface area contributed by atoms with Gasteiger partial charge in [-0.25, -0.2) is 0 Å². The van der Waals surface area contributed by atoms with Crippen molar-refractivity contribution in [1.82, 2.24) is 5.32 Å². The van der Waals surface area contributed by atoms with Gasteiger partial charge >= 0.3 is 0 Å². The second-order valence-corrected chi connectivity index (χ2v) is 5.73. The summed E-state index contributed by atoms with van der Waals surface area (Å²) in [7, 11) is 0. The van der Waals surface area contributed by atoms with E-state index in [-0.39, 0.29) is 0 Å². The number of fused-ring (bicyclic) bond motifs is 2. The molecule has 3 heteroatoms. The summed E-state index contributed by atoms with van der Waals surface area (Å²) in [6.07, 6.45) is 4.00. The highest BCUT2D eigenvalue weighted by atomic mass is 15.2. The molecule has 0 radical (unpaired) electrons. The Hall–Kier alpha value is -1.53. The van der Waals surface area contributed by atoms with Crippen molar-refractivity contribution in [1.29, 1.82) is 5.26 Å². The standard InChI is InChI=1S/C16H21N3/c1-2-18-10-12-4-6-16(14(7-12)9-17)19-11-13-3-5-15(19)8-13/h4,6-7,13,15,18H,2-3,5,8,10-11H2,1H3. The Morgan fingerprint density at radius 3 is 2.95 bits per heavy atom. The van der Waals surface area contributed by atoms with Gasteiger partial charge in [0.25, 0.3) is 0 Å². The van der Waals surface area contributed by atoms with Crippen molar-refractivity contribution in [2.24, 2.45) is 5.92 Å². The summed E-state index contributed by atoms with van der Waals surface area (Å²) in [5.41, 5.74) is 3.18. The lowest BCUT2D eigenvalue weighted by Gasteiger charge is -2.30. The SMILES string of the molecule is CCNCc1ccc(N2CC3CCC2C3)c(C#N)c1. The fraction of sp³-hybridized carbons (Fsp3) is 0.562. The van der Waals surface area contributed by atoms with Gasteiger partial charge < -0.3 is 10.2 Å². The van der Waals surface area contributed by atoms with Crippen molar-refractivity contribution in [3.8, 4) is 6.07 Å². The summed E-state index contributed by atoms with van der Waals surface area (Å²) in [6, 6.07) is 9.40. The summed E-state index contributed by atoms with van der Waals surface area (Å²) in [4.78, 5) is 2.46. The van der Waals surface area contributed by atoms with E-state index in [0.29, 0.717) is 6.04 Å². The molecule has 1 aliphatic carbocycles. The Balaban J connectivity index is 1.83. The molecular weight excluding hydrogens is 234 g/mol. The lowest BCUT2D eigenvalue weighted by Crippen LogP contribution is -2.32. The topological polar surface area (TPSA) is 39.1 Å². The lowest BCUT2D eigenvalue weighted by molar-refractivity contribution is 0.553. The third-order valence-corrected chi connectivity index (χ3v) is 4.48. The average molecular weight is 255 g/mol. The van der Waals surface area contributed by atoms with Crippen LogP contribution in [0.2, 0.25) is 0 Å². The van der Waals surface area contributed by atoms with Crippen LogP contribution in [0.4, 0.5) is 5.69 Å². The summed E-state index contributed by atoms with van der Waals surface area (Å²) in [5, 5.41) is 12.7. The molecule has 3 nitrogen and oxygen atoms in total. The number of benzene rings is 1. The van der Waals surface area contributed by atoms with E-state index in [1.807, 2.05) is 6.07 Å². The zero-order chi connectivity index (χ0) is 13.2. The summed E-state index contributed by atoms with van der Waals surface area (Å²) >= 11 is 0. The van der Waals surface area contributed by atoms with Gasteiger partial charge in [-0.15, -0.1) is 0 Å². The molecule has 1 N–H and O–H groups in total. The molecule has 1 saturated heterocycles. The summed E-state index contributed by atoms with van der Waals surface area (Å²) < 4.78 is 0. The maximum Gasteiger partial charge on any atom is 0.101 e. The van der Waals surface area contributed by atoms with E-state index in [0.717, 1.165) is 36.8 Å².